The van der Waals surface area contributed by atoms with Crippen molar-refractivity contribution >= 4 is 23.5 Å². The predicted molar refractivity (Wildman–Crippen MR) is 125 cm³/mol. The lowest BCUT2D eigenvalue weighted by atomic mass is 10.0. The van der Waals surface area contributed by atoms with E-state index >= 15 is 0 Å². The lowest BCUT2D eigenvalue weighted by Gasteiger charge is -2.33. The fraction of sp³-hybridized carbons (Fsp3) is 0.400. The number of nitrogens with one attached hydrogen (secondary N) is 3. The number of rotatable bonds is 7. The first kappa shape index (κ1) is 23.3. The smallest absolute Gasteiger partial charge is 0.321 e. The van der Waals surface area contributed by atoms with Gasteiger partial charge in [0.1, 0.15) is 6.04 Å². The van der Waals surface area contributed by atoms with Gasteiger partial charge in [0.05, 0.1) is 0 Å². The molecule has 170 valence electrons. The highest BCUT2D eigenvalue weighted by molar-refractivity contribution is 5.90. The molecule has 32 heavy (non-hydrogen) atoms. The second kappa shape index (κ2) is 11.3. The van der Waals surface area contributed by atoms with Crippen LogP contribution in [0.1, 0.15) is 37.8 Å². The summed E-state index contributed by atoms with van der Waals surface area (Å²) in [4.78, 5) is 38.9. The van der Waals surface area contributed by atoms with E-state index in [0.717, 1.165) is 23.2 Å². The molecule has 1 saturated heterocycles. The maximum absolute atomic E-state index is 12.9. The first-order valence-corrected chi connectivity index (χ1v) is 11.2. The summed E-state index contributed by atoms with van der Waals surface area (Å²) in [6, 6.07) is 16.7. The Bertz CT molecular complexity index is 924. The molecular formula is C25H32N4O3. The highest BCUT2D eigenvalue weighted by Gasteiger charge is 2.27. The zero-order valence-electron chi connectivity index (χ0n) is 18.8. The molecular weight excluding hydrogens is 404 g/mol. The van der Waals surface area contributed by atoms with E-state index in [2.05, 4.69) is 22.9 Å². The highest BCUT2D eigenvalue weighted by Crippen LogP contribution is 2.18. The minimum Gasteiger partial charge on any atom is -0.351 e. The van der Waals surface area contributed by atoms with Crippen molar-refractivity contribution in [1.82, 2.24) is 15.5 Å². The van der Waals surface area contributed by atoms with Crippen LogP contribution in [-0.4, -0.2) is 47.9 Å². The summed E-state index contributed by atoms with van der Waals surface area (Å²) in [6.45, 7) is 4.60. The quantitative estimate of drug-likeness (QED) is 0.623. The number of nitrogens with zero attached hydrogens (tertiary/aromatic N) is 1. The fourth-order valence-electron chi connectivity index (χ4n) is 3.98. The van der Waals surface area contributed by atoms with Crippen LogP contribution in [0.25, 0.3) is 0 Å². The van der Waals surface area contributed by atoms with E-state index in [1.807, 2.05) is 54.6 Å². The summed E-state index contributed by atoms with van der Waals surface area (Å²) >= 11 is 0. The summed E-state index contributed by atoms with van der Waals surface area (Å²) in [6.07, 6.45) is 2.63. The minimum atomic E-state index is -0.623. The highest BCUT2D eigenvalue weighted by atomic mass is 16.2. The molecule has 1 heterocycles. The van der Waals surface area contributed by atoms with Crippen molar-refractivity contribution < 1.29 is 14.4 Å². The van der Waals surface area contributed by atoms with Gasteiger partial charge in [0.25, 0.3) is 0 Å². The Balaban J connectivity index is 1.52. The van der Waals surface area contributed by atoms with E-state index in [9.17, 15) is 14.4 Å². The zero-order chi connectivity index (χ0) is 22.9. The van der Waals surface area contributed by atoms with Crippen molar-refractivity contribution in [3.05, 3.63) is 65.7 Å². The lowest BCUT2D eigenvalue weighted by Crippen LogP contribution is -2.53. The van der Waals surface area contributed by atoms with Gasteiger partial charge in [-0.1, -0.05) is 55.5 Å². The summed E-state index contributed by atoms with van der Waals surface area (Å²) in [5.74, 6) is -0.427. The Morgan fingerprint density at radius 2 is 1.66 bits per heavy atom. The molecule has 7 heteroatoms. The number of anilines is 1. The van der Waals surface area contributed by atoms with E-state index in [1.165, 1.54) is 6.92 Å². The summed E-state index contributed by atoms with van der Waals surface area (Å²) < 4.78 is 0. The molecule has 0 aromatic heterocycles. The average Bonchev–Trinajstić information content (AvgIpc) is 2.80. The van der Waals surface area contributed by atoms with Crippen molar-refractivity contribution in [2.75, 3.05) is 18.4 Å². The fourth-order valence-corrected chi connectivity index (χ4v) is 3.98. The third kappa shape index (κ3) is 6.57. The minimum absolute atomic E-state index is 0.0264. The normalized spacial score (nSPS) is 15.0. The van der Waals surface area contributed by atoms with Crippen molar-refractivity contribution in [1.29, 1.82) is 0 Å². The molecule has 2 aromatic carbocycles. The Kier molecular flexibility index (Phi) is 8.25. The number of likely N-dealkylation sites (tertiary alicyclic amines) is 1. The molecule has 4 amide bonds. The lowest BCUT2D eigenvalue weighted by molar-refractivity contribution is -0.128. The molecule has 2 aromatic rings. The monoisotopic (exact) mass is 436 g/mol. The van der Waals surface area contributed by atoms with E-state index in [0.29, 0.717) is 32.4 Å². The third-order valence-corrected chi connectivity index (χ3v) is 5.75. The Hall–Kier alpha value is -3.35. The summed E-state index contributed by atoms with van der Waals surface area (Å²) in [5.41, 5.74) is 2.93. The second-order valence-corrected chi connectivity index (χ2v) is 8.15. The van der Waals surface area contributed by atoms with Crippen LogP contribution in [0, 0.1) is 0 Å². The number of aryl methyl sites for hydroxylation is 1. The standard InChI is InChI=1S/C25H32N4O3/c1-3-20-11-7-8-12-22(20)28-25(32)29-15-13-21(14-16-29)27-24(31)23(26-18(2)30)17-19-9-5-4-6-10-19/h4-12,21,23H,3,13-17H2,1-2H3,(H,26,30)(H,27,31)(H,28,32)/t23-/m0/s1. The molecule has 7 nitrogen and oxygen atoms in total. The molecule has 0 spiro atoms. The van der Waals surface area contributed by atoms with Gasteiger partial charge in [-0.3, -0.25) is 9.59 Å². The molecule has 0 unspecified atom stereocenters. The van der Waals surface area contributed by atoms with Gasteiger partial charge in [0.2, 0.25) is 11.8 Å². The van der Waals surface area contributed by atoms with E-state index in [1.54, 1.807) is 4.90 Å². The largest absolute Gasteiger partial charge is 0.351 e. The Morgan fingerprint density at radius 1 is 1.00 bits per heavy atom. The van der Waals surface area contributed by atoms with Gasteiger partial charge >= 0.3 is 6.03 Å². The van der Waals surface area contributed by atoms with Crippen LogP contribution in [0.15, 0.2) is 54.6 Å². The van der Waals surface area contributed by atoms with Gasteiger partial charge in [0.15, 0.2) is 0 Å². The van der Waals surface area contributed by atoms with Crippen LogP contribution in [0.4, 0.5) is 10.5 Å². The number of amides is 4. The van der Waals surface area contributed by atoms with Crippen LogP contribution in [0.3, 0.4) is 0 Å². The van der Waals surface area contributed by atoms with Gasteiger partial charge in [0, 0.05) is 38.2 Å². The number of para-hydroxylation sites is 1. The summed E-state index contributed by atoms with van der Waals surface area (Å²) in [7, 11) is 0. The molecule has 1 aliphatic rings. The Morgan fingerprint density at radius 3 is 2.31 bits per heavy atom. The summed E-state index contributed by atoms with van der Waals surface area (Å²) in [5, 5.41) is 8.82. The van der Waals surface area contributed by atoms with E-state index in [-0.39, 0.29) is 23.9 Å². The zero-order valence-corrected chi connectivity index (χ0v) is 18.8. The van der Waals surface area contributed by atoms with Crippen LogP contribution in [0.2, 0.25) is 0 Å². The molecule has 3 rings (SSSR count). The van der Waals surface area contributed by atoms with Crippen LogP contribution >= 0.6 is 0 Å². The van der Waals surface area contributed by atoms with E-state index in [4.69, 9.17) is 0 Å². The van der Waals surface area contributed by atoms with Crippen LogP contribution in [-0.2, 0) is 22.4 Å². The van der Waals surface area contributed by atoms with Gasteiger partial charge in [-0.15, -0.1) is 0 Å². The van der Waals surface area contributed by atoms with Crippen molar-refractivity contribution in [3.63, 3.8) is 0 Å². The molecule has 3 N–H and O–H groups in total. The topological polar surface area (TPSA) is 90.5 Å². The molecule has 1 fully saturated rings. The van der Waals surface area contributed by atoms with Gasteiger partial charge < -0.3 is 20.9 Å². The van der Waals surface area contributed by atoms with Crippen molar-refractivity contribution in [2.24, 2.45) is 0 Å². The van der Waals surface area contributed by atoms with Crippen LogP contribution < -0.4 is 16.0 Å². The number of piperidine rings is 1. The first-order chi connectivity index (χ1) is 15.5. The van der Waals surface area contributed by atoms with Crippen molar-refractivity contribution in [3.8, 4) is 0 Å². The van der Waals surface area contributed by atoms with Crippen molar-refractivity contribution in [2.45, 2.75) is 51.6 Å². The molecule has 0 bridgehead atoms. The number of benzene rings is 2. The average molecular weight is 437 g/mol. The third-order valence-electron chi connectivity index (χ3n) is 5.75. The molecule has 0 radical (unpaired) electrons. The Labute approximate surface area is 189 Å². The molecule has 1 atom stereocenters. The van der Waals surface area contributed by atoms with Gasteiger partial charge in [-0.25, -0.2) is 4.79 Å². The van der Waals surface area contributed by atoms with E-state index < -0.39 is 6.04 Å². The number of carbonyl (C=O) groups is 3. The maximum Gasteiger partial charge on any atom is 0.321 e. The molecule has 0 saturated carbocycles. The number of carbonyl (C=O) groups excluding carboxylic acids is 3. The first-order valence-electron chi connectivity index (χ1n) is 11.2. The number of hydrogen-bond acceptors (Lipinski definition) is 3. The number of urea groups is 1. The number of hydrogen-bond donors (Lipinski definition) is 3. The molecule has 1 aliphatic heterocycles. The SMILES string of the molecule is CCc1ccccc1NC(=O)N1CCC(NC(=O)[C@H](Cc2ccccc2)NC(C)=O)CC1. The van der Waals surface area contributed by atoms with Crippen LogP contribution in [0.5, 0.6) is 0 Å². The van der Waals surface area contributed by atoms with Gasteiger partial charge in [-0.2, -0.15) is 0 Å². The van der Waals surface area contributed by atoms with Gasteiger partial charge in [-0.05, 0) is 36.5 Å². The predicted octanol–water partition coefficient (Wildman–Crippen LogP) is 3.11. The maximum atomic E-state index is 12.9. The second-order valence-electron chi connectivity index (χ2n) is 8.15. The molecule has 0 aliphatic carbocycles.